The minimum Gasteiger partial charge on any atom is -0.341 e. The zero-order valence-electron chi connectivity index (χ0n) is 14.6. The summed E-state index contributed by atoms with van der Waals surface area (Å²) < 4.78 is 26.9. The van der Waals surface area contributed by atoms with Gasteiger partial charge in [-0.2, -0.15) is 0 Å². The fourth-order valence-corrected chi connectivity index (χ4v) is 3.98. The summed E-state index contributed by atoms with van der Waals surface area (Å²) in [6.45, 7) is 9.03. The van der Waals surface area contributed by atoms with Crippen molar-refractivity contribution in [1.29, 1.82) is 0 Å². The summed E-state index contributed by atoms with van der Waals surface area (Å²) in [5, 5.41) is 0. The molecule has 2 atom stereocenters. The van der Waals surface area contributed by atoms with Crippen molar-refractivity contribution in [3.8, 4) is 0 Å². The maximum absolute atomic E-state index is 12.8. The van der Waals surface area contributed by atoms with E-state index >= 15 is 0 Å². The second-order valence-electron chi connectivity index (χ2n) is 5.92. The molecule has 0 saturated heterocycles. The van der Waals surface area contributed by atoms with Crippen molar-refractivity contribution in [2.24, 2.45) is 10.9 Å². The molecule has 0 unspecified atom stereocenters. The van der Waals surface area contributed by atoms with Crippen LogP contribution in [-0.4, -0.2) is 44.2 Å². The van der Waals surface area contributed by atoms with Gasteiger partial charge in [0.2, 0.25) is 5.91 Å². The second-order valence-corrected chi connectivity index (χ2v) is 7.57. The highest BCUT2D eigenvalue weighted by atomic mass is 32.2. The highest BCUT2D eigenvalue weighted by molar-refractivity contribution is 7.90. The summed E-state index contributed by atoms with van der Waals surface area (Å²) in [5.41, 5.74) is 0.526. The van der Waals surface area contributed by atoms with Gasteiger partial charge in [-0.25, -0.2) is 8.42 Å². The van der Waals surface area contributed by atoms with E-state index in [4.69, 9.17) is 0 Å². The van der Waals surface area contributed by atoms with Crippen LogP contribution in [0.25, 0.3) is 0 Å². The number of amides is 1. The Bertz CT molecular complexity index is 739. The van der Waals surface area contributed by atoms with Gasteiger partial charge < -0.3 is 4.90 Å². The van der Waals surface area contributed by atoms with Gasteiger partial charge in [-0.1, -0.05) is 32.4 Å². The zero-order chi connectivity index (χ0) is 17.9. The predicted octanol–water partition coefficient (Wildman–Crippen LogP) is 2.01. The summed E-state index contributed by atoms with van der Waals surface area (Å²) in [7, 11) is -3.60. The molecule has 7 heteroatoms. The number of carbonyl (C=O) groups is 1. The molecule has 0 fully saturated rings. The first-order chi connectivity index (χ1) is 11.4. The van der Waals surface area contributed by atoms with Crippen LogP contribution in [-0.2, 0) is 14.8 Å². The Morgan fingerprint density at radius 3 is 2.42 bits per heavy atom. The lowest BCUT2D eigenvalue weighted by Crippen LogP contribution is -2.42. The molecule has 1 aromatic carbocycles. The second kappa shape index (κ2) is 7.34. The van der Waals surface area contributed by atoms with Crippen molar-refractivity contribution in [3.63, 3.8) is 0 Å². The van der Waals surface area contributed by atoms with E-state index in [-0.39, 0.29) is 22.6 Å². The summed E-state index contributed by atoms with van der Waals surface area (Å²) in [6.07, 6.45) is 0.781. The van der Waals surface area contributed by atoms with Crippen LogP contribution in [0, 0.1) is 5.92 Å². The number of amidine groups is 1. The van der Waals surface area contributed by atoms with Crippen LogP contribution < -0.4 is 4.72 Å². The number of hydrogen-bond acceptors (Lipinski definition) is 4. The monoisotopic (exact) mass is 351 g/mol. The molecule has 0 spiro atoms. The average molecular weight is 351 g/mol. The summed E-state index contributed by atoms with van der Waals surface area (Å²) in [6, 6.07) is 6.10. The Kier molecular flexibility index (Phi) is 5.64. The van der Waals surface area contributed by atoms with Crippen LogP contribution in [0.1, 0.15) is 39.7 Å². The Hall–Kier alpha value is -1.89. The molecule has 1 aromatic rings. The smallest absolute Gasteiger partial charge is 0.263 e. The third-order valence-electron chi connectivity index (χ3n) is 4.44. The van der Waals surface area contributed by atoms with E-state index in [0.717, 1.165) is 6.42 Å². The molecule has 0 radical (unpaired) electrons. The SMILES string of the molecule is CC[C@H](C)[C@H](N=C1NS(=O)(=O)c2ccccc21)C(=O)N(CC)CC. The third-order valence-corrected chi connectivity index (χ3v) is 5.84. The van der Waals surface area contributed by atoms with Crippen LogP contribution >= 0.6 is 0 Å². The largest absolute Gasteiger partial charge is 0.341 e. The quantitative estimate of drug-likeness (QED) is 0.851. The first-order valence-corrected chi connectivity index (χ1v) is 9.82. The lowest BCUT2D eigenvalue weighted by atomic mass is 9.98. The highest BCUT2D eigenvalue weighted by Gasteiger charge is 2.33. The number of fused-ring (bicyclic) bond motifs is 1. The van der Waals surface area contributed by atoms with Crippen molar-refractivity contribution < 1.29 is 13.2 Å². The van der Waals surface area contributed by atoms with Crippen LogP contribution in [0.2, 0.25) is 0 Å². The summed E-state index contributed by atoms with van der Waals surface area (Å²) >= 11 is 0. The van der Waals surface area contributed by atoms with E-state index in [1.165, 1.54) is 0 Å². The molecule has 1 aliphatic heterocycles. The van der Waals surface area contributed by atoms with E-state index in [2.05, 4.69) is 9.71 Å². The number of aliphatic imine (C=N–C) groups is 1. The van der Waals surface area contributed by atoms with Crippen molar-refractivity contribution in [3.05, 3.63) is 29.8 Å². The minimum atomic E-state index is -3.60. The molecular formula is C17H25N3O3S. The van der Waals surface area contributed by atoms with Crippen molar-refractivity contribution in [1.82, 2.24) is 9.62 Å². The Balaban J connectivity index is 2.47. The number of rotatable bonds is 6. The molecule has 132 valence electrons. The normalized spacial score (nSPS) is 19.4. The standard InChI is InChI=1S/C17H25N3O3S/c1-5-12(4)15(17(21)20(6-2)7-3)18-16-13-10-8-9-11-14(13)24(22,23)19-16/h8-12,15H,5-7H2,1-4H3,(H,18,19)/t12-,15-/m0/s1. The fourth-order valence-electron chi connectivity index (χ4n) is 2.74. The van der Waals surface area contributed by atoms with E-state index in [0.29, 0.717) is 18.7 Å². The van der Waals surface area contributed by atoms with Gasteiger partial charge >= 0.3 is 0 Å². The van der Waals surface area contributed by atoms with Gasteiger partial charge in [0.15, 0.2) is 0 Å². The third kappa shape index (κ3) is 3.45. The number of nitrogens with one attached hydrogen (secondary N) is 1. The fraction of sp³-hybridized carbons (Fsp3) is 0.529. The molecule has 1 aliphatic rings. The summed E-state index contributed by atoms with van der Waals surface area (Å²) in [5.74, 6) is 0.213. The maximum Gasteiger partial charge on any atom is 0.263 e. The molecule has 2 rings (SSSR count). The summed E-state index contributed by atoms with van der Waals surface area (Å²) in [4.78, 5) is 19.3. The number of nitrogens with zero attached hydrogens (tertiary/aromatic N) is 2. The van der Waals surface area contributed by atoms with E-state index in [1.54, 1.807) is 29.2 Å². The number of hydrogen-bond donors (Lipinski definition) is 1. The molecule has 6 nitrogen and oxygen atoms in total. The van der Waals surface area contributed by atoms with Crippen molar-refractivity contribution in [2.75, 3.05) is 13.1 Å². The predicted molar refractivity (Wildman–Crippen MR) is 94.5 cm³/mol. The number of likely N-dealkylation sites (N-methyl/N-ethyl adjacent to an activating group) is 1. The molecule has 0 saturated carbocycles. The van der Waals surface area contributed by atoms with Gasteiger partial charge in [-0.15, -0.1) is 0 Å². The van der Waals surface area contributed by atoms with Crippen LogP contribution in [0.4, 0.5) is 0 Å². The lowest BCUT2D eigenvalue weighted by Gasteiger charge is -2.26. The van der Waals surface area contributed by atoms with Gasteiger partial charge in [-0.05, 0) is 31.9 Å². The van der Waals surface area contributed by atoms with Crippen molar-refractivity contribution in [2.45, 2.75) is 45.1 Å². The lowest BCUT2D eigenvalue weighted by molar-refractivity contribution is -0.133. The Morgan fingerprint density at radius 1 is 1.21 bits per heavy atom. The maximum atomic E-state index is 12.8. The Labute approximate surface area is 144 Å². The molecule has 1 heterocycles. The van der Waals surface area contributed by atoms with Crippen LogP contribution in [0.3, 0.4) is 0 Å². The molecule has 1 N–H and O–H groups in total. The average Bonchev–Trinajstić information content (AvgIpc) is 2.84. The molecule has 0 aliphatic carbocycles. The van der Waals surface area contributed by atoms with Gasteiger partial charge in [0.25, 0.3) is 10.0 Å². The van der Waals surface area contributed by atoms with Crippen LogP contribution in [0.15, 0.2) is 34.2 Å². The number of benzene rings is 1. The van der Waals surface area contributed by atoms with E-state index < -0.39 is 16.1 Å². The number of sulfonamides is 1. The van der Waals surface area contributed by atoms with Gasteiger partial charge in [0.05, 0.1) is 4.90 Å². The minimum absolute atomic E-state index is 0.0165. The first-order valence-electron chi connectivity index (χ1n) is 8.34. The first kappa shape index (κ1) is 18.4. The van der Waals surface area contributed by atoms with Crippen molar-refractivity contribution >= 4 is 21.8 Å². The Morgan fingerprint density at radius 2 is 1.83 bits per heavy atom. The molecule has 1 amide bonds. The van der Waals surface area contributed by atoms with Gasteiger partial charge in [-0.3, -0.25) is 14.5 Å². The van der Waals surface area contributed by atoms with Gasteiger partial charge in [0, 0.05) is 18.7 Å². The zero-order valence-corrected chi connectivity index (χ0v) is 15.4. The van der Waals surface area contributed by atoms with E-state index in [1.807, 2.05) is 27.7 Å². The topological polar surface area (TPSA) is 78.8 Å². The molecule has 0 bridgehead atoms. The highest BCUT2D eigenvalue weighted by Crippen LogP contribution is 2.24. The molecule has 0 aromatic heterocycles. The molecule has 24 heavy (non-hydrogen) atoms. The number of carbonyl (C=O) groups excluding carboxylic acids is 1. The van der Waals surface area contributed by atoms with Crippen LogP contribution in [0.5, 0.6) is 0 Å². The molecular weight excluding hydrogens is 326 g/mol. The van der Waals surface area contributed by atoms with E-state index in [9.17, 15) is 13.2 Å². The van der Waals surface area contributed by atoms with Gasteiger partial charge in [0.1, 0.15) is 11.9 Å².